The van der Waals surface area contributed by atoms with Crippen LogP contribution in [0.1, 0.15) is 58.4 Å². The van der Waals surface area contributed by atoms with E-state index in [1.165, 1.54) is 6.26 Å². The summed E-state index contributed by atoms with van der Waals surface area (Å²) in [6.45, 7) is 3.66. The Balaban J connectivity index is 1.49. The molecule has 28 heavy (non-hydrogen) atoms. The molecular formula is C20H24N2O5S. The summed E-state index contributed by atoms with van der Waals surface area (Å²) in [7, 11) is 0. The maximum atomic E-state index is 12.3. The third-order valence-electron chi connectivity index (χ3n) is 4.80. The molecule has 150 valence electrons. The van der Waals surface area contributed by atoms with Crippen LogP contribution in [0.15, 0.2) is 28.9 Å². The molecule has 0 radical (unpaired) electrons. The third-order valence-corrected chi connectivity index (χ3v) is 5.93. The molecule has 0 aromatic carbocycles. The van der Waals surface area contributed by atoms with E-state index in [0.717, 1.165) is 37.0 Å². The molecule has 1 aliphatic rings. The average molecular weight is 404 g/mol. The predicted octanol–water partition coefficient (Wildman–Crippen LogP) is 3.75. The molecule has 2 amide bonds. The zero-order chi connectivity index (χ0) is 20.1. The lowest BCUT2D eigenvalue weighted by Gasteiger charge is -2.26. The van der Waals surface area contributed by atoms with E-state index in [0.29, 0.717) is 21.4 Å². The van der Waals surface area contributed by atoms with Gasteiger partial charge < -0.3 is 19.8 Å². The first-order chi connectivity index (χ1) is 13.4. The minimum absolute atomic E-state index is 0.161. The van der Waals surface area contributed by atoms with Crippen LogP contribution in [0.5, 0.6) is 0 Å². The number of hydrogen-bond acceptors (Lipinski definition) is 6. The summed E-state index contributed by atoms with van der Waals surface area (Å²) in [5, 5.41) is 6.12. The van der Waals surface area contributed by atoms with Crippen LogP contribution in [0.2, 0.25) is 0 Å². The number of ether oxygens (including phenoxy) is 1. The third kappa shape index (κ3) is 5.22. The smallest absolute Gasteiger partial charge is 0.349 e. The Morgan fingerprint density at radius 3 is 2.68 bits per heavy atom. The molecule has 7 nitrogen and oxygen atoms in total. The highest BCUT2D eigenvalue weighted by Crippen LogP contribution is 2.28. The van der Waals surface area contributed by atoms with Crippen LogP contribution < -0.4 is 10.6 Å². The lowest BCUT2D eigenvalue weighted by atomic mass is 9.87. The van der Waals surface area contributed by atoms with Crippen LogP contribution in [0.3, 0.4) is 0 Å². The quantitative estimate of drug-likeness (QED) is 0.715. The molecule has 0 bridgehead atoms. The van der Waals surface area contributed by atoms with Gasteiger partial charge in [0.05, 0.1) is 11.3 Å². The SMILES string of the molecule is Cc1cc(NC(=O)c2ccco2)sc1C(=O)OCC(=O)NC1CCC(C)CC1. The number of hydrogen-bond donors (Lipinski definition) is 2. The topological polar surface area (TPSA) is 97.6 Å². The molecule has 8 heteroatoms. The Hall–Kier alpha value is -2.61. The highest BCUT2D eigenvalue weighted by molar-refractivity contribution is 7.18. The van der Waals surface area contributed by atoms with E-state index < -0.39 is 11.9 Å². The molecule has 3 rings (SSSR count). The van der Waals surface area contributed by atoms with E-state index in [9.17, 15) is 14.4 Å². The molecule has 1 saturated carbocycles. The van der Waals surface area contributed by atoms with Crippen LogP contribution in [-0.2, 0) is 9.53 Å². The van der Waals surface area contributed by atoms with Crippen LogP contribution in [0, 0.1) is 12.8 Å². The van der Waals surface area contributed by atoms with Gasteiger partial charge in [-0.25, -0.2) is 4.79 Å². The molecule has 0 aliphatic heterocycles. The molecule has 2 aromatic heterocycles. The molecule has 1 aliphatic carbocycles. The lowest BCUT2D eigenvalue weighted by Crippen LogP contribution is -2.39. The van der Waals surface area contributed by atoms with Gasteiger partial charge in [0.1, 0.15) is 4.88 Å². The molecule has 1 fully saturated rings. The number of carbonyl (C=O) groups excluding carboxylic acids is 3. The molecule has 0 spiro atoms. The van der Waals surface area contributed by atoms with Gasteiger partial charge in [0.25, 0.3) is 11.8 Å². The Morgan fingerprint density at radius 1 is 1.25 bits per heavy atom. The van der Waals surface area contributed by atoms with E-state index in [4.69, 9.17) is 9.15 Å². The second-order valence-electron chi connectivity index (χ2n) is 7.15. The van der Waals surface area contributed by atoms with Crippen molar-refractivity contribution in [1.29, 1.82) is 0 Å². The van der Waals surface area contributed by atoms with Gasteiger partial charge in [0.2, 0.25) is 0 Å². The predicted molar refractivity (Wildman–Crippen MR) is 106 cm³/mol. The number of nitrogens with one attached hydrogen (secondary N) is 2. The molecule has 2 aromatic rings. The maximum absolute atomic E-state index is 12.3. The zero-order valence-electron chi connectivity index (χ0n) is 15.9. The number of anilines is 1. The summed E-state index contributed by atoms with van der Waals surface area (Å²) in [5.74, 6) is -0.367. The zero-order valence-corrected chi connectivity index (χ0v) is 16.8. The summed E-state index contributed by atoms with van der Waals surface area (Å²) in [6.07, 6.45) is 5.54. The van der Waals surface area contributed by atoms with E-state index in [-0.39, 0.29) is 24.3 Å². The Labute approximate surface area is 167 Å². The van der Waals surface area contributed by atoms with Crippen LogP contribution in [-0.4, -0.2) is 30.4 Å². The fourth-order valence-corrected chi connectivity index (χ4v) is 4.16. The number of esters is 1. The van der Waals surface area contributed by atoms with Crippen LogP contribution in [0.25, 0.3) is 0 Å². The number of aryl methyl sites for hydroxylation is 1. The van der Waals surface area contributed by atoms with Crippen LogP contribution >= 0.6 is 11.3 Å². The molecule has 2 heterocycles. The first-order valence-electron chi connectivity index (χ1n) is 9.34. The minimum Gasteiger partial charge on any atom is -0.459 e. The van der Waals surface area contributed by atoms with Crippen molar-refractivity contribution >= 4 is 34.1 Å². The molecular weight excluding hydrogens is 380 g/mol. The molecule has 2 N–H and O–H groups in total. The fourth-order valence-electron chi connectivity index (χ4n) is 3.20. The first-order valence-corrected chi connectivity index (χ1v) is 10.2. The van der Waals surface area contributed by atoms with Crippen molar-refractivity contribution in [2.75, 3.05) is 11.9 Å². The van der Waals surface area contributed by atoms with Crippen molar-refractivity contribution in [3.05, 3.63) is 40.7 Å². The monoisotopic (exact) mass is 404 g/mol. The Kier molecular flexibility index (Phi) is 6.51. The van der Waals surface area contributed by atoms with Crippen molar-refractivity contribution in [2.24, 2.45) is 5.92 Å². The lowest BCUT2D eigenvalue weighted by molar-refractivity contribution is -0.125. The summed E-state index contributed by atoms with van der Waals surface area (Å²) in [6, 6.07) is 5.02. The highest BCUT2D eigenvalue weighted by atomic mass is 32.1. The second-order valence-corrected chi connectivity index (χ2v) is 8.21. The van der Waals surface area contributed by atoms with Gasteiger partial charge in [0.15, 0.2) is 12.4 Å². The molecule has 0 saturated heterocycles. The average Bonchev–Trinajstić information content (AvgIpc) is 3.32. The Bertz CT molecular complexity index is 835. The van der Waals surface area contributed by atoms with Crippen molar-refractivity contribution in [3.8, 4) is 0 Å². The summed E-state index contributed by atoms with van der Waals surface area (Å²) in [5.41, 5.74) is 0.673. The number of rotatable bonds is 6. The van der Waals surface area contributed by atoms with E-state index in [1.807, 2.05) is 0 Å². The molecule has 0 unspecified atom stereocenters. The minimum atomic E-state index is -0.576. The molecule has 0 atom stereocenters. The number of thiophene rings is 1. The maximum Gasteiger partial charge on any atom is 0.349 e. The van der Waals surface area contributed by atoms with E-state index in [2.05, 4.69) is 17.6 Å². The van der Waals surface area contributed by atoms with Crippen molar-refractivity contribution in [1.82, 2.24) is 5.32 Å². The van der Waals surface area contributed by atoms with Crippen molar-refractivity contribution in [3.63, 3.8) is 0 Å². The van der Waals surface area contributed by atoms with Gasteiger partial charge in [-0.05, 0) is 62.3 Å². The number of carbonyl (C=O) groups is 3. The number of furan rings is 1. The fraction of sp³-hybridized carbons (Fsp3) is 0.450. The van der Waals surface area contributed by atoms with Crippen molar-refractivity contribution in [2.45, 2.75) is 45.6 Å². The largest absolute Gasteiger partial charge is 0.459 e. The summed E-state index contributed by atoms with van der Waals surface area (Å²) >= 11 is 1.10. The standard InChI is InChI=1S/C20H24N2O5S/c1-12-5-7-14(8-6-12)21-16(23)11-27-20(25)18-13(2)10-17(28-18)22-19(24)15-4-3-9-26-15/h3-4,9-10,12,14H,5-8,11H2,1-2H3,(H,21,23)(H,22,24). The van der Waals surface area contributed by atoms with Gasteiger partial charge in [-0.2, -0.15) is 0 Å². The number of amides is 2. The highest BCUT2D eigenvalue weighted by Gasteiger charge is 2.22. The van der Waals surface area contributed by atoms with E-state index in [1.54, 1.807) is 25.1 Å². The van der Waals surface area contributed by atoms with Gasteiger partial charge in [-0.1, -0.05) is 6.92 Å². The second kappa shape index (κ2) is 9.05. The van der Waals surface area contributed by atoms with E-state index >= 15 is 0 Å². The first kappa shape index (κ1) is 20.1. The summed E-state index contributed by atoms with van der Waals surface area (Å²) < 4.78 is 10.2. The normalized spacial score (nSPS) is 19.1. The van der Waals surface area contributed by atoms with Crippen LogP contribution in [0.4, 0.5) is 5.00 Å². The van der Waals surface area contributed by atoms with Gasteiger partial charge in [-0.3, -0.25) is 9.59 Å². The van der Waals surface area contributed by atoms with Crippen molar-refractivity contribution < 1.29 is 23.5 Å². The Morgan fingerprint density at radius 2 is 2.00 bits per heavy atom. The van der Waals surface area contributed by atoms with Gasteiger partial charge >= 0.3 is 5.97 Å². The van der Waals surface area contributed by atoms with Gasteiger partial charge in [0, 0.05) is 6.04 Å². The summed E-state index contributed by atoms with van der Waals surface area (Å²) in [4.78, 5) is 36.7. The van der Waals surface area contributed by atoms with Gasteiger partial charge in [-0.15, -0.1) is 11.3 Å².